The van der Waals surface area contributed by atoms with E-state index in [1.165, 1.54) is 11.0 Å². The van der Waals surface area contributed by atoms with Crippen molar-refractivity contribution in [3.63, 3.8) is 0 Å². The molecule has 0 spiro atoms. The Balaban J connectivity index is 3.22. The summed E-state index contributed by atoms with van der Waals surface area (Å²) in [7, 11) is 0. The third-order valence-corrected chi connectivity index (χ3v) is 2.73. The van der Waals surface area contributed by atoms with Crippen LogP contribution in [0.5, 0.6) is 0 Å². The van der Waals surface area contributed by atoms with Crippen molar-refractivity contribution in [3.05, 3.63) is 39.4 Å². The monoisotopic (exact) mass is 251 g/mol. The summed E-state index contributed by atoms with van der Waals surface area (Å²) in [5, 5.41) is 11.0. The minimum Gasteiger partial charge on any atom is -0.337 e. The smallest absolute Gasteiger partial charge is 0.282 e. The molecule has 0 atom stereocenters. The molecule has 18 heavy (non-hydrogen) atoms. The maximum Gasteiger partial charge on any atom is 0.282 e. The number of rotatable bonds is 5. The van der Waals surface area contributed by atoms with Gasteiger partial charge in [-0.05, 0) is 19.4 Å². The number of nitro benzene ring substituents is 1. The summed E-state index contributed by atoms with van der Waals surface area (Å²) in [6, 6.07) is 4.61. The van der Waals surface area contributed by atoms with Crippen LogP contribution in [0.15, 0.2) is 18.2 Å². The van der Waals surface area contributed by atoms with Crippen LogP contribution in [0.2, 0.25) is 0 Å². The molecule has 0 unspecified atom stereocenters. The Labute approximate surface area is 106 Å². The first kappa shape index (κ1) is 14.1. The van der Waals surface area contributed by atoms with E-state index in [1.54, 1.807) is 19.1 Å². The van der Waals surface area contributed by atoms with Crippen LogP contribution < -0.4 is 5.73 Å². The number of carbonyl (C=O) groups is 1. The minimum absolute atomic E-state index is 0.151. The van der Waals surface area contributed by atoms with Crippen LogP contribution in [0.3, 0.4) is 0 Å². The van der Waals surface area contributed by atoms with Crippen LogP contribution in [-0.4, -0.2) is 35.4 Å². The molecule has 0 fully saturated rings. The predicted octanol–water partition coefficient (Wildman–Crippen LogP) is 1.32. The van der Waals surface area contributed by atoms with Gasteiger partial charge in [0.1, 0.15) is 5.56 Å². The van der Waals surface area contributed by atoms with E-state index in [0.29, 0.717) is 25.2 Å². The number of aryl methyl sites for hydroxylation is 1. The summed E-state index contributed by atoms with van der Waals surface area (Å²) < 4.78 is 0. The van der Waals surface area contributed by atoms with Gasteiger partial charge in [-0.25, -0.2) is 0 Å². The standard InChI is InChI=1S/C12H17N3O3/c1-3-14(8-7-13)12(16)11-9(2)5-4-6-10(11)15(17)18/h4-6H,3,7-8,13H2,1-2H3. The lowest BCUT2D eigenvalue weighted by molar-refractivity contribution is -0.385. The largest absolute Gasteiger partial charge is 0.337 e. The molecule has 0 saturated heterocycles. The summed E-state index contributed by atoms with van der Waals surface area (Å²) in [6.45, 7) is 4.70. The molecule has 0 aliphatic heterocycles. The summed E-state index contributed by atoms with van der Waals surface area (Å²) >= 11 is 0. The fourth-order valence-electron chi connectivity index (χ4n) is 1.80. The number of nitrogens with zero attached hydrogens (tertiary/aromatic N) is 2. The predicted molar refractivity (Wildman–Crippen MR) is 68.5 cm³/mol. The zero-order valence-corrected chi connectivity index (χ0v) is 10.5. The van der Waals surface area contributed by atoms with E-state index in [4.69, 9.17) is 5.73 Å². The van der Waals surface area contributed by atoms with E-state index in [9.17, 15) is 14.9 Å². The molecule has 0 bridgehead atoms. The summed E-state index contributed by atoms with van der Waals surface area (Å²) in [6.07, 6.45) is 0. The molecule has 0 radical (unpaired) electrons. The second kappa shape index (κ2) is 6.11. The number of hydrogen-bond acceptors (Lipinski definition) is 4. The first-order valence-electron chi connectivity index (χ1n) is 5.76. The molecule has 0 heterocycles. The van der Waals surface area contributed by atoms with Crippen molar-refractivity contribution in [2.75, 3.05) is 19.6 Å². The zero-order valence-electron chi connectivity index (χ0n) is 10.5. The summed E-state index contributed by atoms with van der Waals surface area (Å²) in [5.74, 6) is -0.340. The molecule has 2 N–H and O–H groups in total. The number of benzene rings is 1. The number of carbonyl (C=O) groups excluding carboxylic acids is 1. The van der Waals surface area contributed by atoms with Gasteiger partial charge in [-0.3, -0.25) is 14.9 Å². The summed E-state index contributed by atoms with van der Waals surface area (Å²) in [4.78, 5) is 24.2. The second-order valence-corrected chi connectivity index (χ2v) is 3.90. The third-order valence-electron chi connectivity index (χ3n) is 2.73. The fraction of sp³-hybridized carbons (Fsp3) is 0.417. The van der Waals surface area contributed by atoms with Gasteiger partial charge in [0, 0.05) is 25.7 Å². The van der Waals surface area contributed by atoms with Crippen molar-refractivity contribution in [1.29, 1.82) is 0 Å². The Morgan fingerprint density at radius 3 is 2.67 bits per heavy atom. The van der Waals surface area contributed by atoms with Gasteiger partial charge < -0.3 is 10.6 Å². The maximum absolute atomic E-state index is 12.3. The lowest BCUT2D eigenvalue weighted by atomic mass is 10.1. The molecule has 1 aromatic rings. The Morgan fingerprint density at radius 1 is 1.50 bits per heavy atom. The minimum atomic E-state index is -0.531. The van der Waals surface area contributed by atoms with Crippen LogP contribution in [-0.2, 0) is 0 Å². The van der Waals surface area contributed by atoms with E-state index < -0.39 is 4.92 Å². The quantitative estimate of drug-likeness (QED) is 0.631. The first-order valence-corrected chi connectivity index (χ1v) is 5.76. The molecule has 6 heteroatoms. The van der Waals surface area contributed by atoms with Gasteiger partial charge in [0.25, 0.3) is 11.6 Å². The number of nitrogens with two attached hydrogens (primary N) is 1. The highest BCUT2D eigenvalue weighted by Crippen LogP contribution is 2.23. The van der Waals surface area contributed by atoms with Crippen molar-refractivity contribution in [1.82, 2.24) is 4.90 Å². The number of hydrogen-bond donors (Lipinski definition) is 1. The number of amides is 1. The zero-order chi connectivity index (χ0) is 13.7. The Morgan fingerprint density at radius 2 is 2.17 bits per heavy atom. The third kappa shape index (κ3) is 2.84. The second-order valence-electron chi connectivity index (χ2n) is 3.90. The molecule has 1 rings (SSSR count). The Bertz CT molecular complexity index is 460. The lowest BCUT2D eigenvalue weighted by Gasteiger charge is -2.20. The topological polar surface area (TPSA) is 89.5 Å². The van der Waals surface area contributed by atoms with E-state index in [1.807, 2.05) is 6.92 Å². The van der Waals surface area contributed by atoms with Gasteiger partial charge in [0.2, 0.25) is 0 Å². The molecule has 1 amide bonds. The first-order chi connectivity index (χ1) is 8.52. The van der Waals surface area contributed by atoms with Crippen LogP contribution in [0.25, 0.3) is 0 Å². The average Bonchev–Trinajstić information content (AvgIpc) is 2.34. The maximum atomic E-state index is 12.3. The van der Waals surface area contributed by atoms with E-state index >= 15 is 0 Å². The van der Waals surface area contributed by atoms with E-state index in [-0.39, 0.29) is 17.2 Å². The Hall–Kier alpha value is -1.95. The summed E-state index contributed by atoms with van der Waals surface area (Å²) in [5.41, 5.74) is 6.02. The van der Waals surface area contributed by atoms with Crippen LogP contribution in [0, 0.1) is 17.0 Å². The molecule has 0 aliphatic carbocycles. The highest BCUT2D eigenvalue weighted by atomic mass is 16.6. The van der Waals surface area contributed by atoms with Gasteiger partial charge >= 0.3 is 0 Å². The fourth-order valence-corrected chi connectivity index (χ4v) is 1.80. The van der Waals surface area contributed by atoms with E-state index in [2.05, 4.69) is 0 Å². The van der Waals surface area contributed by atoms with Crippen LogP contribution in [0.4, 0.5) is 5.69 Å². The average molecular weight is 251 g/mol. The van der Waals surface area contributed by atoms with Crippen molar-refractivity contribution in [2.45, 2.75) is 13.8 Å². The normalized spacial score (nSPS) is 10.2. The molecular formula is C12H17N3O3. The van der Waals surface area contributed by atoms with Gasteiger partial charge in [-0.2, -0.15) is 0 Å². The molecular weight excluding hydrogens is 234 g/mol. The van der Waals surface area contributed by atoms with E-state index in [0.717, 1.165) is 0 Å². The van der Waals surface area contributed by atoms with Gasteiger partial charge in [0.05, 0.1) is 4.92 Å². The molecule has 98 valence electrons. The number of likely N-dealkylation sites (N-methyl/N-ethyl adjacent to an activating group) is 1. The van der Waals surface area contributed by atoms with Gasteiger partial charge in [-0.1, -0.05) is 12.1 Å². The van der Waals surface area contributed by atoms with Crippen molar-refractivity contribution in [2.24, 2.45) is 5.73 Å². The van der Waals surface area contributed by atoms with Crippen molar-refractivity contribution < 1.29 is 9.72 Å². The highest BCUT2D eigenvalue weighted by molar-refractivity contribution is 5.99. The molecule has 0 aliphatic rings. The molecule has 6 nitrogen and oxygen atoms in total. The molecule has 0 aromatic heterocycles. The molecule has 1 aromatic carbocycles. The number of nitro groups is 1. The van der Waals surface area contributed by atoms with Crippen LogP contribution in [0.1, 0.15) is 22.8 Å². The van der Waals surface area contributed by atoms with Gasteiger partial charge in [0.15, 0.2) is 0 Å². The Kier molecular flexibility index (Phi) is 4.79. The lowest BCUT2D eigenvalue weighted by Crippen LogP contribution is -2.35. The van der Waals surface area contributed by atoms with Crippen LogP contribution >= 0.6 is 0 Å². The van der Waals surface area contributed by atoms with Gasteiger partial charge in [-0.15, -0.1) is 0 Å². The van der Waals surface area contributed by atoms with Crippen molar-refractivity contribution >= 4 is 11.6 Å². The highest BCUT2D eigenvalue weighted by Gasteiger charge is 2.25. The SMILES string of the molecule is CCN(CCN)C(=O)c1c(C)cccc1[N+](=O)[O-]. The molecule has 0 saturated carbocycles. The van der Waals surface area contributed by atoms with Crippen molar-refractivity contribution in [3.8, 4) is 0 Å².